The van der Waals surface area contributed by atoms with Crippen LogP contribution < -0.4 is 5.73 Å². The van der Waals surface area contributed by atoms with Crippen molar-refractivity contribution < 1.29 is 0 Å². The van der Waals surface area contributed by atoms with Gasteiger partial charge in [-0.15, -0.1) is 0 Å². The summed E-state index contributed by atoms with van der Waals surface area (Å²) in [5.41, 5.74) is 7.52. The molecule has 1 aliphatic carbocycles. The predicted octanol–water partition coefficient (Wildman–Crippen LogP) is 4.39. The zero-order chi connectivity index (χ0) is 14.5. The summed E-state index contributed by atoms with van der Waals surface area (Å²) in [7, 11) is 0. The van der Waals surface area contributed by atoms with Crippen molar-refractivity contribution in [3.8, 4) is 0 Å². The van der Waals surface area contributed by atoms with Crippen LogP contribution in [0.1, 0.15) is 75.9 Å². The van der Waals surface area contributed by atoms with E-state index in [-0.39, 0.29) is 0 Å². The lowest BCUT2D eigenvalue weighted by atomic mass is 9.88. The summed E-state index contributed by atoms with van der Waals surface area (Å²) in [4.78, 5) is 4.96. The Morgan fingerprint density at radius 2 is 2.00 bits per heavy atom. The van der Waals surface area contributed by atoms with Crippen LogP contribution in [0.5, 0.6) is 0 Å². The minimum atomic E-state index is 0.411. The number of aryl methyl sites for hydroxylation is 1. The SMILES string of the molecule is CSCCCc1nc(C2CCCCC2)n(C(C)C)c1N. The molecule has 0 aliphatic heterocycles. The Morgan fingerprint density at radius 3 is 2.60 bits per heavy atom. The van der Waals surface area contributed by atoms with Crippen molar-refractivity contribution in [3.05, 3.63) is 11.5 Å². The fourth-order valence-electron chi connectivity index (χ4n) is 3.27. The molecule has 0 amide bonds. The molecule has 3 nitrogen and oxygen atoms in total. The largest absolute Gasteiger partial charge is 0.384 e. The van der Waals surface area contributed by atoms with Gasteiger partial charge in [0.15, 0.2) is 0 Å². The van der Waals surface area contributed by atoms with E-state index in [9.17, 15) is 0 Å². The van der Waals surface area contributed by atoms with Crippen molar-refractivity contribution in [1.29, 1.82) is 0 Å². The number of hydrogen-bond acceptors (Lipinski definition) is 3. The van der Waals surface area contributed by atoms with Crippen LogP contribution >= 0.6 is 11.8 Å². The molecule has 1 aromatic heterocycles. The molecule has 0 unspecified atom stereocenters. The van der Waals surface area contributed by atoms with Crippen molar-refractivity contribution in [3.63, 3.8) is 0 Å². The molecule has 114 valence electrons. The standard InChI is InChI=1S/C16H29N3S/c1-12(2)19-15(17)14(10-7-11-20-3)18-16(19)13-8-5-4-6-9-13/h12-13H,4-11,17H2,1-3H3. The van der Waals surface area contributed by atoms with Gasteiger partial charge in [0.2, 0.25) is 0 Å². The van der Waals surface area contributed by atoms with E-state index in [0.717, 1.165) is 17.9 Å². The number of nitrogen functional groups attached to an aromatic ring is 1. The van der Waals surface area contributed by atoms with Crippen LogP contribution in [0.4, 0.5) is 5.82 Å². The van der Waals surface area contributed by atoms with E-state index < -0.39 is 0 Å². The average molecular weight is 295 g/mol. The molecule has 0 radical (unpaired) electrons. The van der Waals surface area contributed by atoms with Crippen molar-refractivity contribution in [2.45, 2.75) is 70.8 Å². The van der Waals surface area contributed by atoms with Crippen LogP contribution in [0.25, 0.3) is 0 Å². The highest BCUT2D eigenvalue weighted by Gasteiger charge is 2.25. The van der Waals surface area contributed by atoms with E-state index in [0.29, 0.717) is 12.0 Å². The maximum atomic E-state index is 6.39. The van der Waals surface area contributed by atoms with E-state index in [1.807, 2.05) is 11.8 Å². The third-order valence-corrected chi connectivity index (χ3v) is 5.00. The van der Waals surface area contributed by atoms with Crippen molar-refractivity contribution in [2.24, 2.45) is 0 Å². The Morgan fingerprint density at radius 1 is 1.30 bits per heavy atom. The van der Waals surface area contributed by atoms with Gasteiger partial charge in [0.05, 0.1) is 5.69 Å². The molecule has 0 saturated heterocycles. The highest BCUT2D eigenvalue weighted by Crippen LogP contribution is 2.35. The van der Waals surface area contributed by atoms with Gasteiger partial charge in [-0.2, -0.15) is 11.8 Å². The van der Waals surface area contributed by atoms with Gasteiger partial charge in [-0.1, -0.05) is 19.3 Å². The third kappa shape index (κ3) is 3.51. The topological polar surface area (TPSA) is 43.8 Å². The van der Waals surface area contributed by atoms with E-state index in [1.165, 1.54) is 50.1 Å². The predicted molar refractivity (Wildman–Crippen MR) is 89.6 cm³/mol. The highest BCUT2D eigenvalue weighted by molar-refractivity contribution is 7.98. The first kappa shape index (κ1) is 15.7. The Bertz CT molecular complexity index is 420. The van der Waals surface area contributed by atoms with Gasteiger partial charge >= 0.3 is 0 Å². The fourth-order valence-corrected chi connectivity index (χ4v) is 3.70. The molecule has 1 fully saturated rings. The van der Waals surface area contributed by atoms with E-state index in [1.54, 1.807) is 0 Å². The van der Waals surface area contributed by atoms with Gasteiger partial charge in [-0.05, 0) is 51.5 Å². The molecule has 0 atom stereocenters. The average Bonchev–Trinajstić information content (AvgIpc) is 2.77. The minimum absolute atomic E-state index is 0.411. The van der Waals surface area contributed by atoms with Crippen LogP contribution in [0, 0.1) is 0 Å². The van der Waals surface area contributed by atoms with Crippen LogP contribution in [0.15, 0.2) is 0 Å². The maximum Gasteiger partial charge on any atom is 0.127 e. The van der Waals surface area contributed by atoms with E-state index >= 15 is 0 Å². The van der Waals surface area contributed by atoms with E-state index in [2.05, 4.69) is 24.7 Å². The maximum absolute atomic E-state index is 6.39. The van der Waals surface area contributed by atoms with Gasteiger partial charge in [-0.25, -0.2) is 4.98 Å². The third-order valence-electron chi connectivity index (χ3n) is 4.30. The fraction of sp³-hybridized carbons (Fsp3) is 0.812. The van der Waals surface area contributed by atoms with E-state index in [4.69, 9.17) is 10.7 Å². The van der Waals surface area contributed by atoms with Gasteiger partial charge < -0.3 is 10.3 Å². The summed E-state index contributed by atoms with van der Waals surface area (Å²) in [5.74, 6) is 3.99. The van der Waals surface area contributed by atoms with Gasteiger partial charge in [0.1, 0.15) is 11.6 Å². The smallest absolute Gasteiger partial charge is 0.127 e. The molecule has 2 N–H and O–H groups in total. The molecule has 20 heavy (non-hydrogen) atoms. The summed E-state index contributed by atoms with van der Waals surface area (Å²) >= 11 is 1.90. The second-order valence-electron chi connectivity index (χ2n) is 6.20. The lowest BCUT2D eigenvalue weighted by Crippen LogP contribution is -2.15. The van der Waals surface area contributed by atoms with Crippen LogP contribution in [0.3, 0.4) is 0 Å². The molecule has 1 heterocycles. The Kier molecular flexibility index (Phi) is 5.82. The number of nitrogens with zero attached hydrogens (tertiary/aromatic N) is 2. The van der Waals surface area contributed by atoms with Crippen molar-refractivity contribution in [1.82, 2.24) is 9.55 Å². The number of hydrogen-bond donors (Lipinski definition) is 1. The first-order valence-electron chi connectivity index (χ1n) is 8.00. The zero-order valence-corrected chi connectivity index (χ0v) is 14.0. The Balaban J connectivity index is 2.22. The molecular formula is C16H29N3S. The second-order valence-corrected chi connectivity index (χ2v) is 7.18. The lowest BCUT2D eigenvalue weighted by molar-refractivity contribution is 0.407. The number of rotatable bonds is 6. The number of nitrogens with two attached hydrogens (primary N) is 1. The number of thioether (sulfide) groups is 1. The van der Waals surface area contributed by atoms with Gasteiger partial charge in [-0.3, -0.25) is 0 Å². The van der Waals surface area contributed by atoms with Gasteiger partial charge in [0, 0.05) is 12.0 Å². The lowest BCUT2D eigenvalue weighted by Gasteiger charge is -2.24. The molecule has 4 heteroatoms. The second kappa shape index (κ2) is 7.39. The summed E-state index contributed by atoms with van der Waals surface area (Å²) in [6, 6.07) is 0.411. The molecule has 1 aromatic rings. The Labute approximate surface area is 127 Å². The monoisotopic (exact) mass is 295 g/mol. The molecule has 1 saturated carbocycles. The van der Waals surface area contributed by atoms with Gasteiger partial charge in [0.25, 0.3) is 0 Å². The molecule has 1 aliphatic rings. The van der Waals surface area contributed by atoms with Crippen molar-refractivity contribution >= 4 is 17.6 Å². The molecular weight excluding hydrogens is 266 g/mol. The molecule has 0 aromatic carbocycles. The summed E-state index contributed by atoms with van der Waals surface area (Å²) in [6.45, 7) is 4.44. The Hall–Kier alpha value is -0.640. The van der Waals surface area contributed by atoms with Crippen molar-refractivity contribution in [2.75, 3.05) is 17.7 Å². The van der Waals surface area contributed by atoms with Crippen LogP contribution in [0.2, 0.25) is 0 Å². The number of aromatic nitrogens is 2. The zero-order valence-electron chi connectivity index (χ0n) is 13.2. The first-order valence-corrected chi connectivity index (χ1v) is 9.40. The number of imidazole rings is 1. The van der Waals surface area contributed by atoms with Crippen LogP contribution in [-0.4, -0.2) is 21.6 Å². The summed E-state index contributed by atoms with van der Waals surface area (Å²) < 4.78 is 2.30. The quantitative estimate of drug-likeness (QED) is 0.792. The summed E-state index contributed by atoms with van der Waals surface area (Å²) in [5, 5.41) is 0. The molecule has 2 rings (SSSR count). The van der Waals surface area contributed by atoms with Crippen LogP contribution in [-0.2, 0) is 6.42 Å². The minimum Gasteiger partial charge on any atom is -0.384 e. The number of anilines is 1. The molecule has 0 bridgehead atoms. The summed E-state index contributed by atoms with van der Waals surface area (Å²) in [6.07, 6.45) is 11.0. The molecule has 0 spiro atoms. The highest BCUT2D eigenvalue weighted by atomic mass is 32.2. The normalized spacial score (nSPS) is 17.0. The first-order chi connectivity index (χ1) is 9.65.